The van der Waals surface area contributed by atoms with Crippen LogP contribution < -0.4 is 14.2 Å². The van der Waals surface area contributed by atoms with E-state index in [4.69, 9.17) is 28.8 Å². The number of ether oxygens (including phenoxy) is 5. The molecule has 3 unspecified atom stereocenters. The van der Waals surface area contributed by atoms with Crippen molar-refractivity contribution in [3.63, 3.8) is 0 Å². The molecule has 3 aromatic carbocycles. The molecule has 3 atom stereocenters. The van der Waals surface area contributed by atoms with Gasteiger partial charge in [0.15, 0.2) is 0 Å². The Kier molecular flexibility index (Phi) is 16.4. The van der Waals surface area contributed by atoms with Crippen molar-refractivity contribution in [3.05, 3.63) is 102 Å². The van der Waals surface area contributed by atoms with Crippen molar-refractivity contribution in [1.29, 1.82) is 0 Å². The minimum atomic E-state index is -1.13. The van der Waals surface area contributed by atoms with Gasteiger partial charge in [-0.25, -0.2) is 0 Å². The van der Waals surface area contributed by atoms with Gasteiger partial charge in [0.05, 0.1) is 47.4 Å². The quantitative estimate of drug-likeness (QED) is 0.0724. The van der Waals surface area contributed by atoms with Crippen molar-refractivity contribution in [3.8, 4) is 17.2 Å². The fourth-order valence-corrected chi connectivity index (χ4v) is 8.72. The Hall–Kier alpha value is -4.87. The number of benzene rings is 3. The first-order valence-electron chi connectivity index (χ1n) is 21.1. The number of piperidine rings is 1. The summed E-state index contributed by atoms with van der Waals surface area (Å²) in [6.45, 7) is 11.4. The summed E-state index contributed by atoms with van der Waals surface area (Å²) in [5.74, 6) is 2.13. The van der Waals surface area contributed by atoms with E-state index in [1.807, 2.05) is 77.7 Å². The van der Waals surface area contributed by atoms with Gasteiger partial charge in [0.2, 0.25) is 5.91 Å². The Bertz CT molecular complexity index is 1690. The number of amides is 1. The van der Waals surface area contributed by atoms with Crippen molar-refractivity contribution in [1.82, 2.24) is 9.80 Å². The standard InChI is InChI=1S/C42H49NO9.C6H15N/c1-48-35-12-6-32(7-13-35)42(33-8-14-36(49-2)15-9-33,34-10-16-37(50-3)17-11-34)52-28-41(27-51-40(47)19-18-39(45)46)20-22-43(23-21-41)38(44)26-31-25-29-4-5-30(31)24-29;1-4-7(5-2)6-3/h4-17,29-31H,18-28H2,1-3H3,(H,45,46);4-6H2,1-3H3. The SMILES string of the molecule is CCN(CC)CC.COc1ccc(C(OCC2(COC(=O)CCC(=O)O)CCN(C(=O)CC3CC4C=CC3C4)CC2)(c2ccc(OC)cc2)c2ccc(OC)cc2)cc1. The molecule has 59 heavy (non-hydrogen) atoms. The smallest absolute Gasteiger partial charge is 0.306 e. The van der Waals surface area contributed by atoms with Crippen LogP contribution in [0.2, 0.25) is 0 Å². The molecule has 3 aliphatic rings. The Morgan fingerprint density at radius 3 is 1.58 bits per heavy atom. The van der Waals surface area contributed by atoms with Gasteiger partial charge in [0.1, 0.15) is 22.8 Å². The van der Waals surface area contributed by atoms with Gasteiger partial charge in [-0.1, -0.05) is 69.3 Å². The summed E-state index contributed by atoms with van der Waals surface area (Å²) in [6.07, 6.45) is 7.93. The number of hydrogen-bond acceptors (Lipinski definition) is 9. The van der Waals surface area contributed by atoms with Crippen LogP contribution >= 0.6 is 0 Å². The predicted molar refractivity (Wildman–Crippen MR) is 228 cm³/mol. The number of methoxy groups -OCH3 is 3. The monoisotopic (exact) mass is 812 g/mol. The zero-order valence-corrected chi connectivity index (χ0v) is 35.8. The number of carboxylic acids is 1. The Balaban J connectivity index is 0.000000867. The number of esters is 1. The first-order chi connectivity index (χ1) is 28.5. The lowest BCUT2D eigenvalue weighted by Gasteiger charge is -2.44. The minimum absolute atomic E-state index is 0.0363. The van der Waals surface area contributed by atoms with Gasteiger partial charge < -0.3 is 38.6 Å². The molecular formula is C48H64N2O9. The highest BCUT2D eigenvalue weighted by Gasteiger charge is 2.45. The molecule has 2 aliphatic carbocycles. The van der Waals surface area contributed by atoms with Gasteiger partial charge in [-0.05, 0) is 116 Å². The van der Waals surface area contributed by atoms with Gasteiger partial charge in [-0.2, -0.15) is 0 Å². The molecule has 1 N–H and O–H groups in total. The number of carboxylic acid groups (broad SMARTS) is 1. The van der Waals surface area contributed by atoms with E-state index in [1.54, 1.807) is 21.3 Å². The molecule has 2 bridgehead atoms. The highest BCUT2D eigenvalue weighted by atomic mass is 16.5. The summed E-state index contributed by atoms with van der Waals surface area (Å²) < 4.78 is 29.6. The number of allylic oxidation sites excluding steroid dienone is 2. The molecular weight excluding hydrogens is 749 g/mol. The summed E-state index contributed by atoms with van der Waals surface area (Å²) in [7, 11) is 4.87. The first-order valence-corrected chi connectivity index (χ1v) is 21.1. The van der Waals surface area contributed by atoms with Crippen LogP contribution in [0, 0.1) is 23.2 Å². The number of fused-ring (bicyclic) bond motifs is 2. The van der Waals surface area contributed by atoms with Gasteiger partial charge in [0, 0.05) is 24.9 Å². The van der Waals surface area contributed by atoms with Crippen LogP contribution in [0.15, 0.2) is 84.9 Å². The zero-order chi connectivity index (χ0) is 42.4. The third kappa shape index (κ3) is 11.5. The number of likely N-dealkylation sites (tertiary alicyclic amines) is 1. The minimum Gasteiger partial charge on any atom is -0.497 e. The summed E-state index contributed by atoms with van der Waals surface area (Å²) in [5, 5.41) is 9.15. The maximum atomic E-state index is 13.6. The van der Waals surface area contributed by atoms with Crippen molar-refractivity contribution >= 4 is 17.8 Å². The van der Waals surface area contributed by atoms with Crippen LogP contribution in [0.5, 0.6) is 17.2 Å². The van der Waals surface area contributed by atoms with Gasteiger partial charge in [0.25, 0.3) is 0 Å². The topological polar surface area (TPSA) is 124 Å². The molecule has 3 aromatic rings. The molecule has 6 rings (SSSR count). The highest BCUT2D eigenvalue weighted by molar-refractivity contribution is 5.77. The molecule has 0 radical (unpaired) electrons. The largest absolute Gasteiger partial charge is 0.497 e. The second-order valence-electron chi connectivity index (χ2n) is 16.0. The van der Waals surface area contributed by atoms with E-state index >= 15 is 0 Å². The normalized spacial score (nSPS) is 19.2. The predicted octanol–water partition coefficient (Wildman–Crippen LogP) is 7.99. The summed E-state index contributed by atoms with van der Waals surface area (Å²) in [6, 6.07) is 23.3. The second-order valence-corrected chi connectivity index (χ2v) is 16.0. The van der Waals surface area contributed by atoms with Crippen molar-refractivity contribution in [2.24, 2.45) is 23.2 Å². The van der Waals surface area contributed by atoms with Crippen molar-refractivity contribution < 1.29 is 43.2 Å². The van der Waals surface area contributed by atoms with Crippen molar-refractivity contribution in [2.75, 3.05) is 67.3 Å². The lowest BCUT2D eigenvalue weighted by molar-refractivity contribution is -0.157. The van der Waals surface area contributed by atoms with E-state index in [9.17, 15) is 14.4 Å². The molecule has 1 aliphatic heterocycles. The third-order valence-corrected chi connectivity index (χ3v) is 12.5. The van der Waals surface area contributed by atoms with E-state index in [2.05, 4.69) is 37.8 Å². The number of hydrogen-bond donors (Lipinski definition) is 1. The van der Waals surface area contributed by atoms with Crippen LogP contribution in [0.25, 0.3) is 0 Å². The fraction of sp³-hybridized carbons (Fsp3) is 0.521. The second kappa shape index (κ2) is 21.4. The molecule has 0 spiro atoms. The summed E-state index contributed by atoms with van der Waals surface area (Å²) in [5.41, 5.74) is 0.772. The third-order valence-electron chi connectivity index (χ3n) is 12.5. The molecule has 11 heteroatoms. The first kappa shape index (κ1) is 45.2. The number of rotatable bonds is 19. The molecule has 1 amide bonds. The number of nitrogens with zero attached hydrogens (tertiary/aromatic N) is 2. The van der Waals surface area contributed by atoms with Gasteiger partial charge in [-0.15, -0.1) is 0 Å². The maximum Gasteiger partial charge on any atom is 0.306 e. The summed E-state index contributed by atoms with van der Waals surface area (Å²) >= 11 is 0. The molecule has 1 saturated carbocycles. The molecule has 320 valence electrons. The molecule has 1 heterocycles. The van der Waals surface area contributed by atoms with Gasteiger partial charge >= 0.3 is 11.9 Å². The zero-order valence-electron chi connectivity index (χ0n) is 35.8. The lowest BCUT2D eigenvalue weighted by Crippen LogP contribution is -2.49. The van der Waals surface area contributed by atoms with Crippen LogP contribution in [-0.4, -0.2) is 100 Å². The highest BCUT2D eigenvalue weighted by Crippen LogP contribution is 2.47. The molecule has 0 aromatic heterocycles. The van der Waals surface area contributed by atoms with E-state index in [0.29, 0.717) is 67.4 Å². The number of carbonyl (C=O) groups is 3. The Morgan fingerprint density at radius 2 is 1.20 bits per heavy atom. The number of aliphatic carboxylic acids is 1. The Morgan fingerprint density at radius 1 is 0.712 bits per heavy atom. The van der Waals surface area contributed by atoms with E-state index < -0.39 is 23.0 Å². The number of carbonyl (C=O) groups excluding carboxylic acids is 2. The molecule has 1 saturated heterocycles. The average Bonchev–Trinajstić information content (AvgIpc) is 3.91. The summed E-state index contributed by atoms with van der Waals surface area (Å²) in [4.78, 5) is 41.9. The van der Waals surface area contributed by atoms with E-state index in [0.717, 1.165) is 29.5 Å². The Labute approximate surface area is 350 Å². The average molecular weight is 813 g/mol. The molecule has 11 nitrogen and oxygen atoms in total. The van der Waals surface area contributed by atoms with Crippen LogP contribution in [0.1, 0.15) is 82.4 Å². The lowest BCUT2D eigenvalue weighted by atomic mass is 9.77. The molecule has 2 fully saturated rings. The maximum absolute atomic E-state index is 13.6. The van der Waals surface area contributed by atoms with Crippen LogP contribution in [-0.2, 0) is 29.5 Å². The van der Waals surface area contributed by atoms with Gasteiger partial charge in [-0.3, -0.25) is 14.4 Å². The van der Waals surface area contributed by atoms with E-state index in [1.165, 1.54) is 19.6 Å². The van der Waals surface area contributed by atoms with Crippen LogP contribution in [0.4, 0.5) is 0 Å². The van der Waals surface area contributed by atoms with E-state index in [-0.39, 0.29) is 32.0 Å². The van der Waals surface area contributed by atoms with Crippen LogP contribution in [0.3, 0.4) is 0 Å². The fourth-order valence-electron chi connectivity index (χ4n) is 8.72. The van der Waals surface area contributed by atoms with Crippen molar-refractivity contribution in [2.45, 2.75) is 71.3 Å².